The summed E-state index contributed by atoms with van der Waals surface area (Å²) in [5.74, 6) is 0.317. The maximum atomic E-state index is 12.5. The highest BCUT2D eigenvalue weighted by Gasteiger charge is 2.17. The van der Waals surface area contributed by atoms with E-state index in [1.807, 2.05) is 39.2 Å². The van der Waals surface area contributed by atoms with Gasteiger partial charge in [0.1, 0.15) is 5.58 Å². The molecule has 0 N–H and O–H groups in total. The molecule has 0 fully saturated rings. The highest BCUT2D eigenvalue weighted by atomic mass is 16.3. The van der Waals surface area contributed by atoms with Gasteiger partial charge in [0.05, 0.1) is 6.20 Å². The Labute approximate surface area is 129 Å². The van der Waals surface area contributed by atoms with Crippen LogP contribution in [-0.2, 0) is 13.5 Å². The molecule has 4 heteroatoms. The Morgan fingerprint density at radius 3 is 2.91 bits per heavy atom. The van der Waals surface area contributed by atoms with Crippen molar-refractivity contribution in [1.82, 2.24) is 9.78 Å². The first-order valence-corrected chi connectivity index (χ1v) is 7.31. The molecule has 0 spiro atoms. The Kier molecular flexibility index (Phi) is 3.67. The van der Waals surface area contributed by atoms with Crippen molar-refractivity contribution in [2.45, 2.75) is 20.3 Å². The van der Waals surface area contributed by atoms with Gasteiger partial charge in [0, 0.05) is 29.8 Å². The van der Waals surface area contributed by atoms with Crippen LogP contribution in [0.2, 0.25) is 0 Å². The Hall–Kier alpha value is -2.62. The van der Waals surface area contributed by atoms with E-state index in [0.29, 0.717) is 5.76 Å². The van der Waals surface area contributed by atoms with E-state index in [4.69, 9.17) is 4.42 Å². The Morgan fingerprint density at radius 1 is 1.41 bits per heavy atom. The molecule has 4 nitrogen and oxygen atoms in total. The molecule has 3 aromatic rings. The number of fused-ring (bicyclic) bond motifs is 1. The normalized spacial score (nSPS) is 11.6. The van der Waals surface area contributed by atoms with Crippen molar-refractivity contribution in [2.75, 3.05) is 0 Å². The molecule has 0 amide bonds. The second-order valence-electron chi connectivity index (χ2n) is 5.41. The van der Waals surface area contributed by atoms with Gasteiger partial charge in [0.25, 0.3) is 0 Å². The number of carbonyl (C=O) groups excluding carboxylic acids is 1. The molecular formula is C18H18N2O2. The first-order chi connectivity index (χ1) is 10.6. The highest BCUT2D eigenvalue weighted by molar-refractivity contribution is 6.08. The second-order valence-corrected chi connectivity index (χ2v) is 5.41. The molecule has 0 atom stereocenters. The lowest BCUT2D eigenvalue weighted by molar-refractivity contribution is 0.102. The van der Waals surface area contributed by atoms with Gasteiger partial charge in [-0.15, -0.1) is 0 Å². The van der Waals surface area contributed by atoms with E-state index in [1.165, 1.54) is 0 Å². The quantitative estimate of drug-likeness (QED) is 0.541. The molecule has 1 aromatic carbocycles. The van der Waals surface area contributed by atoms with E-state index in [-0.39, 0.29) is 5.78 Å². The van der Waals surface area contributed by atoms with Crippen molar-refractivity contribution >= 4 is 22.8 Å². The summed E-state index contributed by atoms with van der Waals surface area (Å²) in [5.41, 5.74) is 3.79. The molecule has 3 rings (SSSR count). The minimum absolute atomic E-state index is 0.116. The van der Waals surface area contributed by atoms with Gasteiger partial charge >= 0.3 is 0 Å². The van der Waals surface area contributed by atoms with Crippen LogP contribution in [0.15, 0.2) is 41.1 Å². The number of aryl methyl sites for hydroxylation is 3. The van der Waals surface area contributed by atoms with E-state index < -0.39 is 0 Å². The third-order valence-corrected chi connectivity index (χ3v) is 3.68. The molecule has 22 heavy (non-hydrogen) atoms. The van der Waals surface area contributed by atoms with Gasteiger partial charge in [-0.2, -0.15) is 5.10 Å². The predicted molar refractivity (Wildman–Crippen MR) is 86.9 cm³/mol. The third kappa shape index (κ3) is 2.60. The molecule has 0 aliphatic carbocycles. The van der Waals surface area contributed by atoms with Gasteiger partial charge in [-0.1, -0.05) is 18.6 Å². The number of allylic oxidation sites excluding steroid dienone is 1. The molecule has 2 aromatic heterocycles. The van der Waals surface area contributed by atoms with Gasteiger partial charge < -0.3 is 4.42 Å². The van der Waals surface area contributed by atoms with Crippen LogP contribution < -0.4 is 0 Å². The zero-order chi connectivity index (χ0) is 15.7. The minimum atomic E-state index is -0.116. The lowest BCUT2D eigenvalue weighted by Gasteiger charge is -1.96. The maximum Gasteiger partial charge on any atom is 0.221 e. The van der Waals surface area contributed by atoms with Gasteiger partial charge in [-0.25, -0.2) is 0 Å². The molecule has 0 aliphatic rings. The Balaban J connectivity index is 1.98. The van der Waals surface area contributed by atoms with E-state index >= 15 is 0 Å². The molecule has 0 bridgehead atoms. The number of rotatable bonds is 4. The number of aromatic nitrogens is 2. The fourth-order valence-corrected chi connectivity index (χ4v) is 2.59. The maximum absolute atomic E-state index is 12.5. The van der Waals surface area contributed by atoms with Crippen LogP contribution in [0.3, 0.4) is 0 Å². The van der Waals surface area contributed by atoms with Crippen LogP contribution in [0.4, 0.5) is 0 Å². The smallest absolute Gasteiger partial charge is 0.221 e. The van der Waals surface area contributed by atoms with E-state index in [9.17, 15) is 4.79 Å². The number of ketones is 1. The molecule has 112 valence electrons. The summed E-state index contributed by atoms with van der Waals surface area (Å²) in [5, 5.41) is 5.10. The van der Waals surface area contributed by atoms with Gasteiger partial charge in [0.15, 0.2) is 5.76 Å². The van der Waals surface area contributed by atoms with Crippen molar-refractivity contribution < 1.29 is 9.21 Å². The minimum Gasteiger partial charge on any atom is -0.452 e. The second kappa shape index (κ2) is 5.64. The molecule has 0 radical (unpaired) electrons. The Bertz CT molecular complexity index is 868. The molecule has 2 heterocycles. The van der Waals surface area contributed by atoms with Crippen molar-refractivity contribution in [3.05, 3.63) is 59.1 Å². The molecule has 0 unspecified atom stereocenters. The van der Waals surface area contributed by atoms with Crippen molar-refractivity contribution in [1.29, 1.82) is 0 Å². The van der Waals surface area contributed by atoms with Crippen LogP contribution in [0.1, 0.15) is 34.2 Å². The zero-order valence-corrected chi connectivity index (χ0v) is 13.0. The predicted octanol–water partition coefficient (Wildman–Crippen LogP) is 3.93. The Morgan fingerprint density at radius 2 is 2.23 bits per heavy atom. The van der Waals surface area contributed by atoms with Crippen LogP contribution in [-0.4, -0.2) is 15.6 Å². The third-order valence-electron chi connectivity index (χ3n) is 3.68. The lowest BCUT2D eigenvalue weighted by Crippen LogP contribution is -1.96. The number of hydrogen-bond acceptors (Lipinski definition) is 3. The average molecular weight is 294 g/mol. The fraction of sp³-hybridized carbons (Fsp3) is 0.222. The largest absolute Gasteiger partial charge is 0.452 e. The van der Waals surface area contributed by atoms with Crippen LogP contribution in [0, 0.1) is 6.92 Å². The molecule has 0 aliphatic heterocycles. The summed E-state index contributed by atoms with van der Waals surface area (Å²) < 4.78 is 7.48. The summed E-state index contributed by atoms with van der Waals surface area (Å²) in [6, 6.07) is 5.98. The van der Waals surface area contributed by atoms with Gasteiger partial charge in [-0.3, -0.25) is 9.48 Å². The lowest BCUT2D eigenvalue weighted by atomic mass is 10.0. The summed E-state index contributed by atoms with van der Waals surface area (Å²) in [7, 11) is 1.84. The first kappa shape index (κ1) is 14.3. The van der Waals surface area contributed by atoms with Gasteiger partial charge in [0.2, 0.25) is 5.78 Å². The zero-order valence-electron chi connectivity index (χ0n) is 13.0. The van der Waals surface area contributed by atoms with Gasteiger partial charge in [-0.05, 0) is 37.6 Å². The van der Waals surface area contributed by atoms with Crippen LogP contribution >= 0.6 is 0 Å². The van der Waals surface area contributed by atoms with Crippen LogP contribution in [0.25, 0.3) is 17.0 Å². The number of hydrogen-bond donors (Lipinski definition) is 0. The van der Waals surface area contributed by atoms with Crippen molar-refractivity contribution in [3.8, 4) is 0 Å². The summed E-state index contributed by atoms with van der Waals surface area (Å²) >= 11 is 0. The van der Waals surface area contributed by atoms with Crippen LogP contribution in [0.5, 0.6) is 0 Å². The summed E-state index contributed by atoms with van der Waals surface area (Å²) in [6.45, 7) is 4.07. The average Bonchev–Trinajstić information content (AvgIpc) is 3.07. The van der Waals surface area contributed by atoms with Crippen molar-refractivity contribution in [3.63, 3.8) is 0 Å². The topological polar surface area (TPSA) is 48.0 Å². The first-order valence-electron chi connectivity index (χ1n) is 7.31. The van der Waals surface area contributed by atoms with E-state index in [1.54, 1.807) is 23.0 Å². The van der Waals surface area contributed by atoms with Crippen molar-refractivity contribution in [2.24, 2.45) is 7.05 Å². The van der Waals surface area contributed by atoms with E-state index in [0.717, 1.165) is 34.1 Å². The standard InChI is InChI=1S/C18H18N2O2/c1-4-14-15-9-12(2)5-8-17(15)22-18(14)16(21)7-6-13-10-19-20(3)11-13/h5-11H,4H2,1-3H3. The monoisotopic (exact) mass is 294 g/mol. The van der Waals surface area contributed by atoms with E-state index in [2.05, 4.69) is 11.2 Å². The number of furan rings is 1. The SMILES string of the molecule is CCc1c(C(=O)C=Cc2cnn(C)c2)oc2ccc(C)cc12. The molecule has 0 saturated carbocycles. The fourth-order valence-electron chi connectivity index (χ4n) is 2.59. The molecular weight excluding hydrogens is 276 g/mol. The number of nitrogens with zero attached hydrogens (tertiary/aromatic N) is 2. The summed E-state index contributed by atoms with van der Waals surface area (Å²) in [6.07, 6.45) is 7.63. The highest BCUT2D eigenvalue weighted by Crippen LogP contribution is 2.28. The number of carbonyl (C=O) groups is 1. The molecule has 0 saturated heterocycles. The number of benzene rings is 1. The summed E-state index contributed by atoms with van der Waals surface area (Å²) in [4.78, 5) is 12.5.